The van der Waals surface area contributed by atoms with E-state index < -0.39 is 11.2 Å². The average molecular weight is 1390 g/mol. The number of piperidine rings is 3. The van der Waals surface area contributed by atoms with Gasteiger partial charge in [0.05, 0.1) is 55.4 Å². The van der Waals surface area contributed by atoms with Gasteiger partial charge < -0.3 is 55.1 Å². The first-order valence-electron chi connectivity index (χ1n) is 35.6. The van der Waals surface area contributed by atoms with Crippen LogP contribution >= 0.6 is 15.9 Å². The fraction of sp³-hybridized carbons (Fsp3) is 0.584. The van der Waals surface area contributed by atoms with Gasteiger partial charge >= 0.3 is 12.2 Å². The Bertz CT molecular complexity index is 3530. The minimum atomic E-state index is -0.523. The molecule has 97 heavy (non-hydrogen) atoms. The Hall–Kier alpha value is -7.16. The molecule has 3 saturated carbocycles. The molecule has 522 valence electrons. The smallest absolute Gasteiger partial charge is 0.408 e. The van der Waals surface area contributed by atoms with E-state index in [1.54, 1.807) is 18.6 Å². The van der Waals surface area contributed by atoms with Crippen molar-refractivity contribution in [3.05, 3.63) is 148 Å². The number of aliphatic hydroxyl groups excluding tert-OH is 1. The molecule has 20 heteroatoms. The summed E-state index contributed by atoms with van der Waals surface area (Å²) in [5, 5.41) is 15.2. The van der Waals surface area contributed by atoms with Gasteiger partial charge in [-0.2, -0.15) is 0 Å². The summed E-state index contributed by atoms with van der Waals surface area (Å²) in [6, 6.07) is 25.7. The second-order valence-electron chi connectivity index (χ2n) is 30.4. The Balaban J connectivity index is 0.000000141. The highest BCUT2D eigenvalue weighted by Crippen LogP contribution is 2.55. The molecule has 6 aromatic rings. The number of anilines is 3. The van der Waals surface area contributed by atoms with Crippen LogP contribution in [-0.2, 0) is 28.7 Å². The Morgan fingerprint density at radius 3 is 1.16 bits per heavy atom. The molecule has 0 bridgehead atoms. The monoisotopic (exact) mass is 1390 g/mol. The molecule has 6 fully saturated rings. The van der Waals surface area contributed by atoms with E-state index in [4.69, 9.17) is 29.8 Å². The van der Waals surface area contributed by atoms with Crippen molar-refractivity contribution in [3.8, 4) is 11.8 Å². The zero-order chi connectivity index (χ0) is 67.1. The Labute approximate surface area is 583 Å². The van der Waals surface area contributed by atoms with Gasteiger partial charge in [-0.1, -0.05) is 93.1 Å². The van der Waals surface area contributed by atoms with Crippen LogP contribution in [-0.4, -0.2) is 116 Å². The summed E-state index contributed by atoms with van der Waals surface area (Å²) in [5.74, 6) is 4.02. The predicted molar refractivity (Wildman–Crippen MR) is 384 cm³/mol. The number of carbonyl (C=O) groups is 2. The topological polar surface area (TPSA) is 228 Å². The maximum absolute atomic E-state index is 12.7. The normalized spacial score (nSPS) is 22.2. The number of nitrogens with two attached hydrogens (primary N) is 1. The van der Waals surface area contributed by atoms with Crippen molar-refractivity contribution in [2.24, 2.45) is 22.0 Å². The first kappa shape index (κ1) is 71.1. The highest BCUT2D eigenvalue weighted by molar-refractivity contribution is 9.10. The van der Waals surface area contributed by atoms with E-state index in [9.17, 15) is 9.59 Å². The van der Waals surface area contributed by atoms with Crippen molar-refractivity contribution < 1.29 is 33.6 Å². The molecule has 3 atom stereocenters. The van der Waals surface area contributed by atoms with Crippen LogP contribution in [0.5, 0.6) is 11.8 Å². The van der Waals surface area contributed by atoms with Gasteiger partial charge in [0.1, 0.15) is 45.5 Å². The molecule has 3 aromatic carbocycles. The largest absolute Gasteiger partial charge is 0.473 e. The summed E-state index contributed by atoms with van der Waals surface area (Å²) >= 11 is 3.34. The number of rotatable bonds is 9. The van der Waals surface area contributed by atoms with Gasteiger partial charge in [0.2, 0.25) is 11.8 Å². The zero-order valence-electron chi connectivity index (χ0n) is 57.3. The minimum absolute atomic E-state index is 0. The van der Waals surface area contributed by atoms with Gasteiger partial charge in [-0.25, -0.2) is 39.5 Å². The Morgan fingerprint density at radius 1 is 0.485 bits per heavy atom. The summed E-state index contributed by atoms with van der Waals surface area (Å²) < 4.78 is 23.8. The van der Waals surface area contributed by atoms with E-state index in [-0.39, 0.29) is 66.2 Å². The lowest BCUT2D eigenvalue weighted by Gasteiger charge is -2.43. The lowest BCUT2D eigenvalue weighted by molar-refractivity contribution is 0.0418. The van der Waals surface area contributed by atoms with Crippen LogP contribution in [0.1, 0.15) is 216 Å². The molecule has 0 radical (unpaired) electrons. The van der Waals surface area contributed by atoms with Crippen LogP contribution in [0, 0.1) is 16.2 Å². The van der Waals surface area contributed by atoms with Crippen molar-refractivity contribution >= 4 is 45.6 Å². The summed E-state index contributed by atoms with van der Waals surface area (Å²) in [7, 11) is 0. The summed E-state index contributed by atoms with van der Waals surface area (Å²) in [5.41, 5.74) is 13.7. The number of benzene rings is 3. The molecule has 3 spiro atoms. The van der Waals surface area contributed by atoms with E-state index in [1.165, 1.54) is 71.9 Å². The molecule has 6 aliphatic carbocycles. The predicted octanol–water partition coefficient (Wildman–Crippen LogP) is 15.1. The lowest BCUT2D eigenvalue weighted by atomic mass is 9.72. The number of aromatic nitrogens is 6. The number of fused-ring (bicyclic) bond motifs is 3. The molecule has 15 rings (SSSR count). The molecule has 3 aromatic heterocycles. The number of hydrogen-bond donors (Lipinski definition) is 4. The van der Waals surface area contributed by atoms with Crippen LogP contribution in [0.15, 0.2) is 115 Å². The van der Waals surface area contributed by atoms with E-state index in [0.29, 0.717) is 17.9 Å². The van der Waals surface area contributed by atoms with Gasteiger partial charge in [0, 0.05) is 56.1 Å². The van der Waals surface area contributed by atoms with Crippen molar-refractivity contribution in [1.82, 2.24) is 40.5 Å². The molecular formula is C77H105BrN12O7. The number of halogens is 1. The molecule has 3 aliphatic heterocycles. The summed E-state index contributed by atoms with van der Waals surface area (Å²) in [6.45, 7) is 16.9. The van der Waals surface area contributed by atoms with Gasteiger partial charge in [-0.15, -0.1) is 0 Å². The van der Waals surface area contributed by atoms with Crippen LogP contribution in [0.2, 0.25) is 0 Å². The minimum Gasteiger partial charge on any atom is -0.473 e. The Morgan fingerprint density at radius 2 is 0.825 bits per heavy atom. The van der Waals surface area contributed by atoms with Gasteiger partial charge in [-0.05, 0) is 218 Å². The molecule has 6 heterocycles. The SMILES string of the molecule is C.CC(C)(C)OC(=O)N[C@@H]1c2ccccc2CC12CCN(c1cnc(Br)cn1)CC2.CC(C)(C)OC(=O)N[C@@H]1c2ccccc2CC12CCN(c1cnc(OC3CCCC3)cn1)CC2.N[C@@H]1c2ccccc2CC12CCN(c1cnc(OC3CCCC3)cn1)CC2.OC1CCCC1. The van der Waals surface area contributed by atoms with Crippen molar-refractivity contribution in [3.63, 3.8) is 0 Å². The third-order valence-corrected chi connectivity index (χ3v) is 22.0. The summed E-state index contributed by atoms with van der Waals surface area (Å²) in [6.07, 6.45) is 33.9. The molecule has 3 saturated heterocycles. The van der Waals surface area contributed by atoms with Gasteiger partial charge in [0.15, 0.2) is 0 Å². The second-order valence-corrected chi connectivity index (χ2v) is 31.2. The van der Waals surface area contributed by atoms with Crippen LogP contribution in [0.3, 0.4) is 0 Å². The first-order chi connectivity index (χ1) is 46.2. The number of alkyl carbamates (subject to hydrolysis) is 2. The third kappa shape index (κ3) is 17.5. The van der Waals surface area contributed by atoms with Crippen molar-refractivity contribution in [2.75, 3.05) is 54.0 Å². The summed E-state index contributed by atoms with van der Waals surface area (Å²) in [4.78, 5) is 59.3. The van der Waals surface area contributed by atoms with Gasteiger partial charge in [-0.3, -0.25) is 0 Å². The number of aliphatic hydroxyl groups is 1. The van der Waals surface area contributed by atoms with E-state index in [0.717, 1.165) is 158 Å². The molecule has 5 N–H and O–H groups in total. The van der Waals surface area contributed by atoms with Crippen molar-refractivity contribution in [2.45, 2.75) is 231 Å². The maximum Gasteiger partial charge on any atom is 0.408 e. The number of ether oxygens (including phenoxy) is 4. The molecular weight excluding hydrogens is 1280 g/mol. The van der Waals surface area contributed by atoms with Crippen molar-refractivity contribution in [1.29, 1.82) is 0 Å². The highest BCUT2D eigenvalue weighted by atomic mass is 79.9. The number of nitrogens with one attached hydrogen (secondary N) is 2. The first-order valence-corrected chi connectivity index (χ1v) is 36.4. The molecule has 9 aliphatic rings. The van der Waals surface area contributed by atoms with E-state index in [1.807, 2.05) is 66.2 Å². The number of carbonyl (C=O) groups excluding carboxylic acids is 2. The molecule has 2 amide bonds. The van der Waals surface area contributed by atoms with E-state index >= 15 is 0 Å². The third-order valence-electron chi connectivity index (χ3n) is 21.5. The van der Waals surface area contributed by atoms with Crippen LogP contribution < -0.4 is 40.5 Å². The molecule has 19 nitrogen and oxygen atoms in total. The zero-order valence-corrected chi connectivity index (χ0v) is 58.9. The van der Waals surface area contributed by atoms with Gasteiger partial charge in [0.25, 0.3) is 0 Å². The Kier molecular flexibility index (Phi) is 22.7. The maximum atomic E-state index is 12.7. The number of hydrogen-bond acceptors (Lipinski definition) is 17. The quantitative estimate of drug-likeness (QED) is 0.105. The van der Waals surface area contributed by atoms with E-state index in [2.05, 4.69) is 138 Å². The average Bonchev–Trinajstić information content (AvgIpc) is 1.64. The van der Waals surface area contributed by atoms with Crippen LogP contribution in [0.25, 0.3) is 0 Å². The second kappa shape index (κ2) is 30.9. The number of nitrogens with zero attached hydrogens (tertiary/aromatic N) is 9. The number of amides is 2. The highest BCUT2D eigenvalue weighted by Gasteiger charge is 2.51. The lowest BCUT2D eigenvalue weighted by Crippen LogP contribution is -2.47. The van der Waals surface area contributed by atoms with Crippen LogP contribution in [0.4, 0.5) is 27.0 Å². The molecule has 0 unspecified atom stereocenters. The fourth-order valence-electron chi connectivity index (χ4n) is 16.5. The fourth-order valence-corrected chi connectivity index (χ4v) is 16.7. The standard InChI is InChI=1S/C27H36N4O3.C22H27BrN4O2.C22H28N4O.C5H10O.CH4/c1-26(2,3)34-25(32)30-24-21-11-7-4-8-19(21)16-27(24)12-14-31(15-13-27)22-17-29-23(18-28-22)33-20-9-5-6-10-20;1-21(2,3)29-20(28)26-19-16-7-5-4-6-15(16)12-22(19)8-10-27(11-9-22)18-14-24-17(23)13-25-18;23-21-18-8-4-1-5-16(18)13-22(21)9-11-26(12-10-22)19-14-25-20(15-24-19)27-17-6-2-3-7-17;6-5-3-1-2-4-5;/h4,7-8,11,17-18,20,24H,5-6,9-10,12-16H2,1-3H3,(H,30,32);4-7,13-14,19H,8-12H2,1-3H3,(H,26,28);1,4-5,8,14-15,17,21H,2-3,6-7,9-13,23H2;5-6H,1-4H2;1H4/t24-;19-;21-;;/m111../s1.